The normalized spacial score (nSPS) is 8.80. The second-order valence-corrected chi connectivity index (χ2v) is 2.63. The lowest BCUT2D eigenvalue weighted by Crippen LogP contribution is -2.31. The maximum absolute atomic E-state index is 11.4. The van der Waals surface area contributed by atoms with Crippen molar-refractivity contribution >= 4 is 11.8 Å². The second kappa shape index (κ2) is 5.41. The van der Waals surface area contributed by atoms with Crippen LogP contribution in [0.3, 0.4) is 0 Å². The summed E-state index contributed by atoms with van der Waals surface area (Å²) in [6.45, 7) is -0.380. The van der Waals surface area contributed by atoms with Gasteiger partial charge in [0.05, 0.1) is 0 Å². The third-order valence-corrected chi connectivity index (χ3v) is 1.57. The van der Waals surface area contributed by atoms with Crippen LogP contribution >= 0.6 is 0 Å². The molecule has 0 fully saturated rings. The summed E-state index contributed by atoms with van der Waals surface area (Å²) in [5, 5.41) is 5.12. The van der Waals surface area contributed by atoms with Crippen molar-refractivity contribution in [2.45, 2.75) is 0 Å². The first-order valence-corrected chi connectivity index (χ1v) is 4.14. The van der Waals surface area contributed by atoms with Gasteiger partial charge in [0.25, 0.3) is 5.91 Å². The van der Waals surface area contributed by atoms with Crippen molar-refractivity contribution in [2.24, 2.45) is 5.11 Å². The highest BCUT2D eigenvalue weighted by molar-refractivity contribution is 6.05. The predicted octanol–water partition coefficient (Wildman–Crippen LogP) is 1.25. The van der Waals surface area contributed by atoms with Crippen LogP contribution in [-0.2, 0) is 4.79 Å². The number of benzene rings is 1. The summed E-state index contributed by atoms with van der Waals surface area (Å²) in [4.78, 5) is 24.7. The van der Waals surface area contributed by atoms with Crippen molar-refractivity contribution in [1.29, 1.82) is 0 Å². The fourth-order valence-corrected chi connectivity index (χ4v) is 0.924. The molecule has 0 unspecified atom stereocenters. The number of nitrogens with zero attached hydrogens (tertiary/aromatic N) is 3. The van der Waals surface area contributed by atoms with Crippen LogP contribution in [0.25, 0.3) is 10.4 Å². The van der Waals surface area contributed by atoms with Gasteiger partial charge in [-0.2, -0.15) is 0 Å². The van der Waals surface area contributed by atoms with Gasteiger partial charge in [-0.3, -0.25) is 14.9 Å². The van der Waals surface area contributed by atoms with Crippen LogP contribution in [0.5, 0.6) is 0 Å². The minimum absolute atomic E-state index is 0.380. The van der Waals surface area contributed by atoms with Crippen molar-refractivity contribution in [3.05, 3.63) is 46.3 Å². The fraction of sp³-hybridized carbons (Fsp3) is 0.111. The van der Waals surface area contributed by atoms with E-state index in [4.69, 9.17) is 5.53 Å². The molecular formula is C9H8N4O2. The summed E-state index contributed by atoms with van der Waals surface area (Å²) in [5.41, 5.74) is 8.34. The first kappa shape index (κ1) is 10.7. The zero-order valence-electron chi connectivity index (χ0n) is 7.75. The molecule has 6 heteroatoms. The van der Waals surface area contributed by atoms with E-state index in [0.29, 0.717) is 5.56 Å². The molecule has 1 rings (SSSR count). The molecule has 76 valence electrons. The Morgan fingerprint density at radius 1 is 1.33 bits per heavy atom. The highest BCUT2D eigenvalue weighted by Crippen LogP contribution is 1.97. The SMILES string of the molecule is [N-]=[N+]=NCC(=O)NC(=O)c1ccccc1. The van der Waals surface area contributed by atoms with Gasteiger partial charge in [0.1, 0.15) is 6.54 Å². The topological polar surface area (TPSA) is 94.9 Å². The average Bonchev–Trinajstić information content (AvgIpc) is 2.27. The van der Waals surface area contributed by atoms with Crippen LogP contribution in [0.2, 0.25) is 0 Å². The van der Waals surface area contributed by atoms with E-state index in [1.54, 1.807) is 30.3 Å². The number of amides is 2. The summed E-state index contributed by atoms with van der Waals surface area (Å²) in [6.07, 6.45) is 0. The van der Waals surface area contributed by atoms with E-state index in [0.717, 1.165) is 0 Å². The maximum atomic E-state index is 11.4. The van der Waals surface area contributed by atoms with Crippen LogP contribution < -0.4 is 5.32 Å². The third kappa shape index (κ3) is 3.50. The smallest absolute Gasteiger partial charge is 0.257 e. The van der Waals surface area contributed by atoms with Crippen LogP contribution in [-0.4, -0.2) is 18.4 Å². The molecule has 0 saturated heterocycles. The molecule has 0 radical (unpaired) electrons. The Labute approximate surface area is 85.5 Å². The van der Waals surface area contributed by atoms with Crippen molar-refractivity contribution in [2.75, 3.05) is 6.54 Å². The Morgan fingerprint density at radius 2 is 2.00 bits per heavy atom. The quantitative estimate of drug-likeness (QED) is 0.455. The molecule has 1 aromatic rings. The van der Waals surface area contributed by atoms with E-state index in [2.05, 4.69) is 15.3 Å². The van der Waals surface area contributed by atoms with Crippen molar-refractivity contribution in [1.82, 2.24) is 5.32 Å². The zero-order chi connectivity index (χ0) is 11.1. The molecule has 0 aliphatic rings. The molecule has 1 aromatic carbocycles. The molecule has 0 atom stereocenters. The van der Waals surface area contributed by atoms with Gasteiger partial charge in [-0.1, -0.05) is 23.3 Å². The number of carbonyl (C=O) groups is 2. The number of nitrogens with one attached hydrogen (secondary N) is 1. The molecule has 0 aliphatic heterocycles. The Bertz CT molecular complexity index is 409. The summed E-state index contributed by atoms with van der Waals surface area (Å²) in [5.74, 6) is -1.13. The average molecular weight is 204 g/mol. The Hall–Kier alpha value is -2.33. The molecule has 0 aliphatic carbocycles. The molecule has 6 nitrogen and oxygen atoms in total. The molecule has 15 heavy (non-hydrogen) atoms. The number of rotatable bonds is 3. The number of azide groups is 1. The summed E-state index contributed by atoms with van der Waals surface area (Å²) in [7, 11) is 0. The second-order valence-electron chi connectivity index (χ2n) is 2.63. The van der Waals surface area contributed by atoms with E-state index < -0.39 is 11.8 Å². The number of imide groups is 1. The Morgan fingerprint density at radius 3 is 2.60 bits per heavy atom. The lowest BCUT2D eigenvalue weighted by Gasteiger charge is -2.00. The maximum Gasteiger partial charge on any atom is 0.257 e. The van der Waals surface area contributed by atoms with E-state index in [1.165, 1.54) is 0 Å². The lowest BCUT2D eigenvalue weighted by atomic mass is 10.2. The lowest BCUT2D eigenvalue weighted by molar-refractivity contribution is -0.118. The zero-order valence-corrected chi connectivity index (χ0v) is 7.75. The summed E-state index contributed by atoms with van der Waals surface area (Å²) >= 11 is 0. The first-order chi connectivity index (χ1) is 7.24. The predicted molar refractivity (Wildman–Crippen MR) is 52.9 cm³/mol. The van der Waals surface area contributed by atoms with Gasteiger partial charge < -0.3 is 0 Å². The summed E-state index contributed by atoms with van der Waals surface area (Å²) in [6, 6.07) is 8.30. The molecule has 0 aromatic heterocycles. The van der Waals surface area contributed by atoms with Gasteiger partial charge in [-0.05, 0) is 17.7 Å². The highest BCUT2D eigenvalue weighted by Gasteiger charge is 2.07. The van der Waals surface area contributed by atoms with E-state index in [9.17, 15) is 9.59 Å². The van der Waals surface area contributed by atoms with E-state index in [-0.39, 0.29) is 6.54 Å². The standard InChI is InChI=1S/C9H8N4O2/c10-13-11-6-8(14)12-9(15)7-4-2-1-3-5-7/h1-5H,6H2,(H,12,14,15). The van der Waals surface area contributed by atoms with E-state index >= 15 is 0 Å². The Kier molecular flexibility index (Phi) is 3.88. The molecule has 0 bridgehead atoms. The number of hydrogen-bond acceptors (Lipinski definition) is 3. The van der Waals surface area contributed by atoms with Gasteiger partial charge in [-0.15, -0.1) is 0 Å². The minimum atomic E-state index is -0.623. The molecule has 0 spiro atoms. The van der Waals surface area contributed by atoms with Crippen molar-refractivity contribution < 1.29 is 9.59 Å². The van der Waals surface area contributed by atoms with Crippen molar-refractivity contribution in [3.8, 4) is 0 Å². The molecule has 0 heterocycles. The van der Waals surface area contributed by atoms with Crippen LogP contribution in [0.15, 0.2) is 35.4 Å². The largest absolute Gasteiger partial charge is 0.292 e. The van der Waals surface area contributed by atoms with Gasteiger partial charge in [0, 0.05) is 10.5 Å². The van der Waals surface area contributed by atoms with Crippen molar-refractivity contribution in [3.63, 3.8) is 0 Å². The van der Waals surface area contributed by atoms with Gasteiger partial charge >= 0.3 is 0 Å². The number of hydrogen-bond donors (Lipinski definition) is 1. The van der Waals surface area contributed by atoms with Crippen LogP contribution in [0, 0.1) is 0 Å². The van der Waals surface area contributed by atoms with Gasteiger partial charge in [0.15, 0.2) is 0 Å². The molecule has 0 saturated carbocycles. The van der Waals surface area contributed by atoms with Gasteiger partial charge in [0.2, 0.25) is 5.91 Å². The molecule has 2 amide bonds. The van der Waals surface area contributed by atoms with Crippen LogP contribution in [0.4, 0.5) is 0 Å². The minimum Gasteiger partial charge on any atom is -0.292 e. The molecular weight excluding hydrogens is 196 g/mol. The Balaban J connectivity index is 2.57. The number of carbonyl (C=O) groups excluding carboxylic acids is 2. The van der Waals surface area contributed by atoms with Gasteiger partial charge in [-0.25, -0.2) is 0 Å². The molecule has 1 N–H and O–H groups in total. The van der Waals surface area contributed by atoms with E-state index in [1.807, 2.05) is 0 Å². The monoisotopic (exact) mass is 204 g/mol. The van der Waals surface area contributed by atoms with Crippen LogP contribution in [0.1, 0.15) is 10.4 Å². The summed E-state index contributed by atoms with van der Waals surface area (Å²) < 4.78 is 0. The third-order valence-electron chi connectivity index (χ3n) is 1.57. The first-order valence-electron chi connectivity index (χ1n) is 4.14. The highest BCUT2D eigenvalue weighted by atomic mass is 16.2. The fourth-order valence-electron chi connectivity index (χ4n) is 0.924.